The standard InChI is InChI=1S/C17H21NO5S/c1-13-5-3-4-6-14(13)7-8-17(20)23-11-16(19)18(2)15-9-10-24(21,22)12-15/h3-8,15H,9-12H2,1-2H3/b8-7+/t15-/m0/s1. The fourth-order valence-electron chi connectivity index (χ4n) is 2.50. The Labute approximate surface area is 142 Å². The highest BCUT2D eigenvalue weighted by atomic mass is 32.2. The molecule has 7 heteroatoms. The summed E-state index contributed by atoms with van der Waals surface area (Å²) >= 11 is 0. The van der Waals surface area contributed by atoms with Crippen molar-refractivity contribution in [3.8, 4) is 0 Å². The lowest BCUT2D eigenvalue weighted by atomic mass is 10.1. The minimum absolute atomic E-state index is 0.0314. The van der Waals surface area contributed by atoms with Gasteiger partial charge in [-0.15, -0.1) is 0 Å². The Morgan fingerprint density at radius 1 is 1.33 bits per heavy atom. The summed E-state index contributed by atoms with van der Waals surface area (Å²) in [6.45, 7) is 1.53. The second kappa shape index (κ2) is 7.61. The number of rotatable bonds is 5. The van der Waals surface area contributed by atoms with Crippen LogP contribution in [0.2, 0.25) is 0 Å². The third-order valence-corrected chi connectivity index (χ3v) is 5.83. The van der Waals surface area contributed by atoms with Crippen molar-refractivity contribution in [1.82, 2.24) is 4.90 Å². The van der Waals surface area contributed by atoms with Crippen molar-refractivity contribution in [1.29, 1.82) is 0 Å². The third kappa shape index (κ3) is 4.92. The highest BCUT2D eigenvalue weighted by Crippen LogP contribution is 2.16. The number of aryl methyl sites for hydroxylation is 1. The summed E-state index contributed by atoms with van der Waals surface area (Å²) in [4.78, 5) is 25.1. The molecule has 1 aliphatic rings. The average molecular weight is 351 g/mol. The van der Waals surface area contributed by atoms with Crippen LogP contribution in [0.25, 0.3) is 6.08 Å². The van der Waals surface area contributed by atoms with Crippen LogP contribution in [-0.2, 0) is 24.2 Å². The molecule has 0 N–H and O–H groups in total. The van der Waals surface area contributed by atoms with Gasteiger partial charge in [0.2, 0.25) is 0 Å². The van der Waals surface area contributed by atoms with Gasteiger partial charge in [0.25, 0.3) is 5.91 Å². The minimum Gasteiger partial charge on any atom is -0.452 e. The number of esters is 1. The number of carbonyl (C=O) groups is 2. The first kappa shape index (κ1) is 18.2. The molecule has 0 aromatic heterocycles. The molecular formula is C17H21NO5S. The number of likely N-dealkylation sites (N-methyl/N-ethyl adjacent to an activating group) is 1. The smallest absolute Gasteiger partial charge is 0.331 e. The molecule has 0 spiro atoms. The van der Waals surface area contributed by atoms with Gasteiger partial charge in [0.1, 0.15) is 0 Å². The van der Waals surface area contributed by atoms with Crippen LogP contribution >= 0.6 is 0 Å². The number of hydrogen-bond donors (Lipinski definition) is 0. The molecule has 1 fully saturated rings. The van der Waals surface area contributed by atoms with Crippen LogP contribution in [-0.4, -0.2) is 56.4 Å². The molecule has 130 valence electrons. The zero-order valence-electron chi connectivity index (χ0n) is 13.8. The molecular weight excluding hydrogens is 330 g/mol. The SMILES string of the molecule is Cc1ccccc1/C=C/C(=O)OCC(=O)N(C)[C@H]1CCS(=O)(=O)C1. The lowest BCUT2D eigenvalue weighted by molar-refractivity contribution is -0.148. The van der Waals surface area contributed by atoms with Gasteiger partial charge in [-0.3, -0.25) is 4.79 Å². The van der Waals surface area contributed by atoms with Gasteiger partial charge in [-0.1, -0.05) is 24.3 Å². The number of amides is 1. The molecule has 1 saturated heterocycles. The molecule has 1 aliphatic heterocycles. The molecule has 0 saturated carbocycles. The molecule has 0 radical (unpaired) electrons. The zero-order chi connectivity index (χ0) is 17.7. The Morgan fingerprint density at radius 3 is 2.67 bits per heavy atom. The van der Waals surface area contributed by atoms with Crippen LogP contribution in [0.1, 0.15) is 17.5 Å². The maximum atomic E-state index is 12.0. The molecule has 2 rings (SSSR count). The highest BCUT2D eigenvalue weighted by Gasteiger charge is 2.32. The molecule has 0 bridgehead atoms. The molecule has 24 heavy (non-hydrogen) atoms. The largest absolute Gasteiger partial charge is 0.452 e. The van der Waals surface area contributed by atoms with Crippen molar-refractivity contribution in [3.63, 3.8) is 0 Å². The van der Waals surface area contributed by atoms with Crippen molar-refractivity contribution in [2.45, 2.75) is 19.4 Å². The fraction of sp³-hybridized carbons (Fsp3) is 0.412. The normalized spacial score (nSPS) is 19.3. The number of benzene rings is 1. The summed E-state index contributed by atoms with van der Waals surface area (Å²) < 4.78 is 27.8. The first-order valence-electron chi connectivity index (χ1n) is 7.65. The fourth-order valence-corrected chi connectivity index (χ4v) is 4.27. The predicted molar refractivity (Wildman–Crippen MR) is 91.0 cm³/mol. The summed E-state index contributed by atoms with van der Waals surface area (Å²) in [5, 5.41) is 0. The third-order valence-electron chi connectivity index (χ3n) is 4.07. The van der Waals surface area contributed by atoms with Crippen LogP contribution in [0.15, 0.2) is 30.3 Å². The number of nitrogens with zero attached hydrogens (tertiary/aromatic N) is 1. The van der Waals surface area contributed by atoms with Crippen LogP contribution < -0.4 is 0 Å². The number of sulfone groups is 1. The van der Waals surface area contributed by atoms with Crippen LogP contribution in [0.4, 0.5) is 0 Å². The van der Waals surface area contributed by atoms with Crippen molar-refractivity contribution in [2.75, 3.05) is 25.2 Å². The van der Waals surface area contributed by atoms with Crippen molar-refractivity contribution in [3.05, 3.63) is 41.5 Å². The quantitative estimate of drug-likeness (QED) is 0.588. The van der Waals surface area contributed by atoms with Crippen LogP contribution in [0, 0.1) is 6.92 Å². The van der Waals surface area contributed by atoms with E-state index in [-0.39, 0.29) is 17.5 Å². The number of carbonyl (C=O) groups excluding carboxylic acids is 2. The summed E-state index contributed by atoms with van der Waals surface area (Å²) in [5.74, 6) is -0.960. The Bertz CT molecular complexity index is 754. The van der Waals surface area contributed by atoms with Gasteiger partial charge >= 0.3 is 5.97 Å². The van der Waals surface area contributed by atoms with Gasteiger partial charge in [-0.2, -0.15) is 0 Å². The molecule has 1 heterocycles. The Kier molecular flexibility index (Phi) is 5.77. The minimum atomic E-state index is -3.06. The predicted octanol–water partition coefficient (Wildman–Crippen LogP) is 1.20. The molecule has 0 unspecified atom stereocenters. The van der Waals surface area contributed by atoms with E-state index in [2.05, 4.69) is 0 Å². The van der Waals surface area contributed by atoms with Gasteiger partial charge < -0.3 is 9.64 Å². The van der Waals surface area contributed by atoms with E-state index in [4.69, 9.17) is 4.74 Å². The molecule has 0 aliphatic carbocycles. The average Bonchev–Trinajstić information content (AvgIpc) is 2.91. The molecule has 1 atom stereocenters. The lowest BCUT2D eigenvalue weighted by Gasteiger charge is -2.22. The Hall–Kier alpha value is -2.15. The Morgan fingerprint density at radius 2 is 2.04 bits per heavy atom. The van der Waals surface area contributed by atoms with Crippen molar-refractivity contribution >= 4 is 27.8 Å². The molecule has 6 nitrogen and oxygen atoms in total. The van der Waals surface area contributed by atoms with E-state index in [1.165, 1.54) is 18.0 Å². The van der Waals surface area contributed by atoms with E-state index in [0.29, 0.717) is 6.42 Å². The summed E-state index contributed by atoms with van der Waals surface area (Å²) in [6, 6.07) is 7.23. The highest BCUT2D eigenvalue weighted by molar-refractivity contribution is 7.91. The maximum Gasteiger partial charge on any atom is 0.331 e. The number of hydrogen-bond acceptors (Lipinski definition) is 5. The van der Waals surface area contributed by atoms with Gasteiger partial charge in [0, 0.05) is 19.2 Å². The zero-order valence-corrected chi connectivity index (χ0v) is 14.6. The second-order valence-corrected chi connectivity index (χ2v) is 8.09. The molecule has 1 aromatic rings. The lowest BCUT2D eigenvalue weighted by Crippen LogP contribution is -2.40. The monoisotopic (exact) mass is 351 g/mol. The molecule has 1 amide bonds. The van der Waals surface area contributed by atoms with E-state index in [9.17, 15) is 18.0 Å². The van der Waals surface area contributed by atoms with Gasteiger partial charge in [-0.25, -0.2) is 13.2 Å². The Balaban J connectivity index is 1.83. The van der Waals surface area contributed by atoms with E-state index in [1.807, 2.05) is 31.2 Å². The van der Waals surface area contributed by atoms with Crippen LogP contribution in [0.5, 0.6) is 0 Å². The second-order valence-electron chi connectivity index (χ2n) is 5.86. The van der Waals surface area contributed by atoms with Gasteiger partial charge in [0.15, 0.2) is 16.4 Å². The summed E-state index contributed by atoms with van der Waals surface area (Å²) in [7, 11) is -1.53. The first-order chi connectivity index (χ1) is 11.3. The number of ether oxygens (including phenoxy) is 1. The van der Waals surface area contributed by atoms with Gasteiger partial charge in [0.05, 0.1) is 11.5 Å². The van der Waals surface area contributed by atoms with E-state index < -0.39 is 28.3 Å². The maximum absolute atomic E-state index is 12.0. The van der Waals surface area contributed by atoms with E-state index in [1.54, 1.807) is 6.08 Å². The first-order valence-corrected chi connectivity index (χ1v) is 9.47. The topological polar surface area (TPSA) is 80.8 Å². The molecule has 1 aromatic carbocycles. The summed E-state index contributed by atoms with van der Waals surface area (Å²) in [6.07, 6.45) is 3.33. The van der Waals surface area contributed by atoms with E-state index in [0.717, 1.165) is 11.1 Å². The van der Waals surface area contributed by atoms with Crippen molar-refractivity contribution in [2.24, 2.45) is 0 Å². The van der Waals surface area contributed by atoms with Crippen LogP contribution in [0.3, 0.4) is 0 Å². The summed E-state index contributed by atoms with van der Waals surface area (Å²) in [5.41, 5.74) is 1.92. The van der Waals surface area contributed by atoms with Gasteiger partial charge in [-0.05, 0) is 30.5 Å². The van der Waals surface area contributed by atoms with Crippen molar-refractivity contribution < 1.29 is 22.7 Å². The van der Waals surface area contributed by atoms with E-state index >= 15 is 0 Å².